The molecule has 2 aromatic carbocycles. The Morgan fingerprint density at radius 2 is 1.74 bits per heavy atom. The Morgan fingerprint density at radius 3 is 2.33 bits per heavy atom. The molecule has 0 heterocycles. The molecule has 1 atom stereocenters. The Bertz CT molecular complexity index is 863. The van der Waals surface area contributed by atoms with Crippen molar-refractivity contribution in [1.29, 1.82) is 5.41 Å². The maximum Gasteiger partial charge on any atom is 0.399 e. The lowest BCUT2D eigenvalue weighted by atomic mass is 9.97. The second kappa shape index (κ2) is 9.26. The number of alkyl halides is 3. The van der Waals surface area contributed by atoms with Crippen LogP contribution >= 0.6 is 34.8 Å². The standard InChI is InChI=1S/C18H13Cl3F3N3/c19-12-7-14(17(21)16(20)8-12)15(18(22,23)24)6-3-11-1-4-13(5-2-11)27-10-26-9-25/h1-10,15H,(H2,25,26,27)/b6-3+. The molecule has 0 aromatic heterocycles. The van der Waals surface area contributed by atoms with Gasteiger partial charge in [-0.1, -0.05) is 59.1 Å². The zero-order chi connectivity index (χ0) is 20.0. The molecular weight excluding hydrogens is 422 g/mol. The average Bonchev–Trinajstić information content (AvgIpc) is 2.59. The summed E-state index contributed by atoms with van der Waals surface area (Å²) in [4.78, 5) is 3.56. The van der Waals surface area contributed by atoms with E-state index in [1.54, 1.807) is 24.3 Å². The molecule has 9 heteroatoms. The van der Waals surface area contributed by atoms with Gasteiger partial charge in [-0.15, -0.1) is 0 Å². The summed E-state index contributed by atoms with van der Waals surface area (Å²) < 4.78 is 40.7. The van der Waals surface area contributed by atoms with E-state index in [2.05, 4.69) is 10.3 Å². The fraction of sp³-hybridized carbons (Fsp3) is 0.111. The average molecular weight is 435 g/mol. The van der Waals surface area contributed by atoms with Crippen LogP contribution in [0, 0.1) is 5.41 Å². The first-order valence-corrected chi connectivity index (χ1v) is 8.62. The van der Waals surface area contributed by atoms with Crippen molar-refractivity contribution in [3.8, 4) is 0 Å². The van der Waals surface area contributed by atoms with Gasteiger partial charge in [-0.25, -0.2) is 4.99 Å². The van der Waals surface area contributed by atoms with Gasteiger partial charge in [0, 0.05) is 10.7 Å². The van der Waals surface area contributed by atoms with Crippen LogP contribution in [-0.2, 0) is 0 Å². The third kappa shape index (κ3) is 5.99. The van der Waals surface area contributed by atoms with Crippen LogP contribution in [0.25, 0.3) is 6.08 Å². The highest BCUT2D eigenvalue weighted by atomic mass is 35.5. The van der Waals surface area contributed by atoms with Crippen LogP contribution in [0.4, 0.5) is 18.9 Å². The predicted molar refractivity (Wildman–Crippen MR) is 107 cm³/mol. The summed E-state index contributed by atoms with van der Waals surface area (Å²) in [6.07, 6.45) is -0.0263. The summed E-state index contributed by atoms with van der Waals surface area (Å²) in [5, 5.41) is 9.44. The smallest absolute Gasteiger partial charge is 0.346 e. The van der Waals surface area contributed by atoms with E-state index in [0.717, 1.165) is 18.5 Å². The van der Waals surface area contributed by atoms with Crippen molar-refractivity contribution in [3.05, 3.63) is 68.7 Å². The van der Waals surface area contributed by atoms with Crippen molar-refractivity contribution < 1.29 is 13.2 Å². The molecule has 0 bridgehead atoms. The number of nitrogens with zero attached hydrogens (tertiary/aromatic N) is 1. The van der Waals surface area contributed by atoms with Crippen LogP contribution < -0.4 is 5.32 Å². The molecule has 0 saturated heterocycles. The topological polar surface area (TPSA) is 48.2 Å². The first-order valence-electron chi connectivity index (χ1n) is 7.49. The summed E-state index contributed by atoms with van der Waals surface area (Å²) >= 11 is 17.7. The third-order valence-electron chi connectivity index (χ3n) is 3.48. The molecule has 0 aliphatic carbocycles. The van der Waals surface area contributed by atoms with Gasteiger partial charge in [-0.2, -0.15) is 13.2 Å². The van der Waals surface area contributed by atoms with E-state index < -0.39 is 12.1 Å². The molecule has 0 radical (unpaired) electrons. The van der Waals surface area contributed by atoms with Crippen molar-refractivity contribution in [1.82, 2.24) is 0 Å². The normalized spacial score (nSPS) is 13.3. The van der Waals surface area contributed by atoms with Gasteiger partial charge in [0.2, 0.25) is 0 Å². The zero-order valence-corrected chi connectivity index (χ0v) is 15.8. The minimum Gasteiger partial charge on any atom is -0.346 e. The van der Waals surface area contributed by atoms with Gasteiger partial charge in [0.05, 0.1) is 22.3 Å². The molecule has 142 valence electrons. The number of halogens is 6. The van der Waals surface area contributed by atoms with E-state index in [0.29, 0.717) is 11.3 Å². The summed E-state index contributed by atoms with van der Waals surface area (Å²) in [5.74, 6) is -1.96. The quantitative estimate of drug-likeness (QED) is 0.285. The van der Waals surface area contributed by atoms with E-state index in [1.165, 1.54) is 18.5 Å². The van der Waals surface area contributed by atoms with E-state index >= 15 is 0 Å². The second-order valence-corrected chi connectivity index (χ2v) is 6.56. The van der Waals surface area contributed by atoms with Gasteiger partial charge in [0.15, 0.2) is 0 Å². The van der Waals surface area contributed by atoms with Crippen LogP contribution in [0.1, 0.15) is 17.0 Å². The predicted octanol–water partition coefficient (Wildman–Crippen LogP) is 7.05. The molecule has 1 unspecified atom stereocenters. The molecule has 3 nitrogen and oxygen atoms in total. The van der Waals surface area contributed by atoms with Crippen LogP contribution in [0.5, 0.6) is 0 Å². The van der Waals surface area contributed by atoms with Gasteiger partial charge in [0.1, 0.15) is 6.34 Å². The minimum absolute atomic E-state index is 0.0381. The number of nitrogens with one attached hydrogen (secondary N) is 2. The van der Waals surface area contributed by atoms with E-state index in [1.807, 2.05) is 0 Å². The van der Waals surface area contributed by atoms with Crippen molar-refractivity contribution in [2.24, 2.45) is 4.99 Å². The van der Waals surface area contributed by atoms with Gasteiger partial charge >= 0.3 is 6.18 Å². The molecule has 0 saturated carbocycles. The van der Waals surface area contributed by atoms with Crippen LogP contribution in [0.2, 0.25) is 15.1 Å². The Hall–Kier alpha value is -2.02. The molecule has 2 aromatic rings. The highest BCUT2D eigenvalue weighted by molar-refractivity contribution is 6.43. The Morgan fingerprint density at radius 1 is 1.07 bits per heavy atom. The monoisotopic (exact) mass is 433 g/mol. The molecule has 2 rings (SSSR count). The van der Waals surface area contributed by atoms with Crippen molar-refractivity contribution in [2.75, 3.05) is 5.32 Å². The summed E-state index contributed by atoms with van der Waals surface area (Å²) in [6, 6.07) is 9.06. The van der Waals surface area contributed by atoms with Gasteiger partial charge in [-0.3, -0.25) is 5.41 Å². The largest absolute Gasteiger partial charge is 0.399 e. The fourth-order valence-electron chi connectivity index (χ4n) is 2.24. The molecule has 27 heavy (non-hydrogen) atoms. The van der Waals surface area contributed by atoms with Gasteiger partial charge < -0.3 is 5.32 Å². The van der Waals surface area contributed by atoms with E-state index in [-0.39, 0.29) is 20.6 Å². The minimum atomic E-state index is -4.57. The number of aliphatic imine (C=N–C) groups is 1. The molecule has 0 amide bonds. The molecular formula is C18H13Cl3F3N3. The highest BCUT2D eigenvalue weighted by Gasteiger charge is 2.40. The van der Waals surface area contributed by atoms with Crippen molar-refractivity contribution >= 4 is 59.2 Å². The van der Waals surface area contributed by atoms with Crippen LogP contribution in [-0.4, -0.2) is 18.9 Å². The molecule has 0 spiro atoms. The molecule has 0 fully saturated rings. The van der Waals surface area contributed by atoms with Crippen molar-refractivity contribution in [3.63, 3.8) is 0 Å². The van der Waals surface area contributed by atoms with Gasteiger partial charge in [0.25, 0.3) is 0 Å². The van der Waals surface area contributed by atoms with Crippen LogP contribution in [0.15, 0.2) is 47.5 Å². The Balaban J connectivity index is 2.30. The van der Waals surface area contributed by atoms with E-state index in [9.17, 15) is 13.2 Å². The number of rotatable bonds is 6. The highest BCUT2D eigenvalue weighted by Crippen LogP contribution is 2.42. The second-order valence-electron chi connectivity index (χ2n) is 5.34. The third-order valence-corrected chi connectivity index (χ3v) is 4.52. The zero-order valence-electron chi connectivity index (χ0n) is 13.6. The molecule has 0 aliphatic rings. The SMILES string of the molecule is N=C/N=C\Nc1ccc(/C=C/C(c2cc(Cl)cc(Cl)c2Cl)C(F)(F)F)cc1. The lowest BCUT2D eigenvalue weighted by Crippen LogP contribution is -2.19. The van der Waals surface area contributed by atoms with Crippen LogP contribution in [0.3, 0.4) is 0 Å². The Labute approximate surface area is 169 Å². The first-order chi connectivity index (χ1) is 12.7. The van der Waals surface area contributed by atoms with E-state index in [4.69, 9.17) is 40.2 Å². The Kier molecular flexibility index (Phi) is 7.30. The lowest BCUT2D eigenvalue weighted by Gasteiger charge is -2.19. The van der Waals surface area contributed by atoms with Gasteiger partial charge in [-0.05, 0) is 35.4 Å². The number of allylic oxidation sites excluding steroid dienone is 1. The fourth-order valence-corrected chi connectivity index (χ4v) is 2.97. The first kappa shape index (κ1) is 21.3. The lowest BCUT2D eigenvalue weighted by molar-refractivity contribution is -0.139. The maximum atomic E-state index is 13.6. The number of anilines is 1. The summed E-state index contributed by atoms with van der Waals surface area (Å²) in [5.41, 5.74) is 1.02. The number of hydrogen-bond acceptors (Lipinski definition) is 1. The summed E-state index contributed by atoms with van der Waals surface area (Å²) in [6.45, 7) is 0. The number of hydrogen-bond donors (Lipinski definition) is 2. The maximum absolute atomic E-state index is 13.6. The van der Waals surface area contributed by atoms with Crippen molar-refractivity contribution in [2.45, 2.75) is 12.1 Å². The molecule has 2 N–H and O–H groups in total. The molecule has 0 aliphatic heterocycles. The summed E-state index contributed by atoms with van der Waals surface area (Å²) in [7, 11) is 0. The number of benzene rings is 2.